The first-order valence-electron chi connectivity index (χ1n) is 5.11. The lowest BCUT2D eigenvalue weighted by molar-refractivity contribution is 0.388. The molecule has 1 saturated carbocycles. The summed E-state index contributed by atoms with van der Waals surface area (Å²) in [5.41, 5.74) is 0. The number of anilines is 1. The Bertz CT molecular complexity index is 330. The van der Waals surface area contributed by atoms with E-state index in [0.29, 0.717) is 11.9 Å². The fourth-order valence-electron chi connectivity index (χ4n) is 1.77. The maximum atomic E-state index is 5.84. The molecular formula is C10H13ClIN3. The van der Waals surface area contributed by atoms with Gasteiger partial charge < -0.3 is 4.90 Å². The van der Waals surface area contributed by atoms with Crippen LogP contribution in [0.25, 0.3) is 0 Å². The maximum absolute atomic E-state index is 5.84. The van der Waals surface area contributed by atoms with Crippen molar-refractivity contribution < 1.29 is 0 Å². The Hall–Kier alpha value is -0.100. The molecule has 1 aromatic heterocycles. The quantitative estimate of drug-likeness (QED) is 0.625. The summed E-state index contributed by atoms with van der Waals surface area (Å²) in [4.78, 5) is 10.7. The van der Waals surface area contributed by atoms with Crippen LogP contribution >= 0.6 is 34.2 Å². The number of rotatable bonds is 4. The van der Waals surface area contributed by atoms with Crippen molar-refractivity contribution in [3.05, 3.63) is 16.1 Å². The van der Waals surface area contributed by atoms with E-state index in [2.05, 4.69) is 37.5 Å². The van der Waals surface area contributed by atoms with Gasteiger partial charge in [0.25, 0.3) is 0 Å². The van der Waals surface area contributed by atoms with Gasteiger partial charge in [-0.05, 0) is 41.9 Å². The van der Waals surface area contributed by atoms with Gasteiger partial charge in [0, 0.05) is 24.7 Å². The summed E-state index contributed by atoms with van der Waals surface area (Å²) < 4.78 is 1.10. The monoisotopic (exact) mass is 337 g/mol. The first-order chi connectivity index (χ1) is 7.33. The number of nitrogens with zero attached hydrogens (tertiary/aromatic N) is 3. The molecule has 0 amide bonds. The highest BCUT2D eigenvalue weighted by Crippen LogP contribution is 2.30. The fourth-order valence-corrected chi connectivity index (χ4v) is 2.56. The summed E-state index contributed by atoms with van der Waals surface area (Å²) in [7, 11) is 0. The topological polar surface area (TPSA) is 29.0 Å². The number of hydrogen-bond donors (Lipinski definition) is 0. The van der Waals surface area contributed by atoms with Crippen molar-refractivity contribution in [2.24, 2.45) is 0 Å². The number of aromatic nitrogens is 2. The molecule has 1 aliphatic rings. The molecule has 82 valence electrons. The van der Waals surface area contributed by atoms with Gasteiger partial charge in [-0.1, -0.05) is 0 Å². The molecule has 1 fully saturated rings. The van der Waals surface area contributed by atoms with Gasteiger partial charge in [-0.3, -0.25) is 0 Å². The minimum atomic E-state index is 0.632. The normalized spacial score (nSPS) is 16.1. The summed E-state index contributed by atoms with van der Waals surface area (Å²) in [6.07, 6.45) is 7.30. The van der Waals surface area contributed by atoms with Crippen molar-refractivity contribution in [1.29, 1.82) is 0 Å². The van der Waals surface area contributed by atoms with E-state index in [9.17, 15) is 0 Å². The average molecular weight is 338 g/mol. The Labute approximate surface area is 108 Å². The van der Waals surface area contributed by atoms with Gasteiger partial charge in [0.15, 0.2) is 0 Å². The van der Waals surface area contributed by atoms with Crippen molar-refractivity contribution in [1.82, 2.24) is 9.97 Å². The minimum Gasteiger partial charge on any atom is -0.351 e. The van der Waals surface area contributed by atoms with Crippen molar-refractivity contribution in [2.45, 2.75) is 25.3 Å². The molecule has 0 atom stereocenters. The van der Waals surface area contributed by atoms with Crippen LogP contribution in [0.2, 0.25) is 0 Å². The smallest absolute Gasteiger partial charge is 0.145 e. The summed E-state index contributed by atoms with van der Waals surface area (Å²) in [6, 6.07) is 0.632. The molecule has 0 aliphatic heterocycles. The summed E-state index contributed by atoms with van der Waals surface area (Å²) in [5.74, 6) is 1.69. The minimum absolute atomic E-state index is 0.632. The van der Waals surface area contributed by atoms with E-state index in [1.165, 1.54) is 19.3 Å². The van der Waals surface area contributed by atoms with Crippen LogP contribution in [0.15, 0.2) is 12.5 Å². The van der Waals surface area contributed by atoms with Crippen LogP contribution in [0.5, 0.6) is 0 Å². The molecule has 0 N–H and O–H groups in total. The van der Waals surface area contributed by atoms with Gasteiger partial charge in [-0.15, -0.1) is 11.6 Å². The van der Waals surface area contributed by atoms with Gasteiger partial charge in [0.1, 0.15) is 12.1 Å². The summed E-state index contributed by atoms with van der Waals surface area (Å²) in [5, 5.41) is 0. The molecule has 3 nitrogen and oxygen atoms in total. The summed E-state index contributed by atoms with van der Waals surface area (Å²) >= 11 is 8.12. The first kappa shape index (κ1) is 11.4. The summed E-state index contributed by atoms with van der Waals surface area (Å²) in [6.45, 7) is 0.874. The van der Waals surface area contributed by atoms with Gasteiger partial charge >= 0.3 is 0 Å². The van der Waals surface area contributed by atoms with E-state index in [1.807, 2.05) is 6.20 Å². The van der Waals surface area contributed by atoms with Crippen LogP contribution in [0.3, 0.4) is 0 Å². The largest absolute Gasteiger partial charge is 0.351 e. The molecule has 1 aliphatic carbocycles. The van der Waals surface area contributed by atoms with Crippen LogP contribution in [0, 0.1) is 3.57 Å². The van der Waals surface area contributed by atoms with Crippen LogP contribution in [-0.4, -0.2) is 28.4 Å². The maximum Gasteiger partial charge on any atom is 0.145 e. The van der Waals surface area contributed by atoms with Crippen LogP contribution in [0.1, 0.15) is 19.3 Å². The molecule has 0 radical (unpaired) electrons. The second-order valence-corrected chi connectivity index (χ2v) is 5.20. The Morgan fingerprint density at radius 2 is 2.33 bits per heavy atom. The standard InChI is InChI=1S/C10H13ClIN3/c11-4-5-15(8-2-1-3-8)10-9(12)6-13-7-14-10/h6-8H,1-5H2. The van der Waals surface area contributed by atoms with E-state index in [1.54, 1.807) is 6.33 Å². The highest BCUT2D eigenvalue weighted by molar-refractivity contribution is 14.1. The molecule has 1 aromatic rings. The number of alkyl halides is 1. The van der Waals surface area contributed by atoms with E-state index in [0.717, 1.165) is 15.9 Å². The highest BCUT2D eigenvalue weighted by atomic mass is 127. The molecule has 1 heterocycles. The molecule has 5 heteroatoms. The zero-order valence-corrected chi connectivity index (χ0v) is 11.3. The molecular weight excluding hydrogens is 324 g/mol. The molecule has 0 saturated heterocycles. The van der Waals surface area contributed by atoms with Crippen molar-refractivity contribution in [2.75, 3.05) is 17.3 Å². The Morgan fingerprint density at radius 3 is 2.87 bits per heavy atom. The van der Waals surface area contributed by atoms with Gasteiger partial charge in [-0.25, -0.2) is 9.97 Å². The highest BCUT2D eigenvalue weighted by Gasteiger charge is 2.26. The zero-order valence-electron chi connectivity index (χ0n) is 8.37. The SMILES string of the molecule is ClCCN(c1ncncc1I)C1CCC1. The number of halogens is 2. The molecule has 0 aromatic carbocycles. The second kappa shape index (κ2) is 5.30. The average Bonchev–Trinajstić information content (AvgIpc) is 2.15. The zero-order chi connectivity index (χ0) is 10.7. The van der Waals surface area contributed by atoms with Crippen LogP contribution < -0.4 is 4.90 Å². The van der Waals surface area contributed by atoms with Crippen molar-refractivity contribution in [3.63, 3.8) is 0 Å². The Balaban J connectivity index is 2.19. The lowest BCUT2D eigenvalue weighted by Crippen LogP contribution is -2.42. The van der Waals surface area contributed by atoms with Gasteiger partial charge in [0.05, 0.1) is 3.57 Å². The third-order valence-electron chi connectivity index (χ3n) is 2.76. The lowest BCUT2D eigenvalue weighted by atomic mass is 9.91. The van der Waals surface area contributed by atoms with E-state index < -0.39 is 0 Å². The Morgan fingerprint density at radius 1 is 1.53 bits per heavy atom. The van der Waals surface area contributed by atoms with Crippen molar-refractivity contribution in [3.8, 4) is 0 Å². The van der Waals surface area contributed by atoms with Gasteiger partial charge in [-0.2, -0.15) is 0 Å². The fraction of sp³-hybridized carbons (Fsp3) is 0.600. The van der Waals surface area contributed by atoms with E-state index >= 15 is 0 Å². The van der Waals surface area contributed by atoms with Crippen LogP contribution in [0.4, 0.5) is 5.82 Å². The second-order valence-electron chi connectivity index (χ2n) is 3.66. The molecule has 0 unspecified atom stereocenters. The first-order valence-corrected chi connectivity index (χ1v) is 6.72. The Kier molecular flexibility index (Phi) is 4.02. The number of hydrogen-bond acceptors (Lipinski definition) is 3. The van der Waals surface area contributed by atoms with Gasteiger partial charge in [0.2, 0.25) is 0 Å². The third-order valence-corrected chi connectivity index (χ3v) is 3.69. The lowest BCUT2D eigenvalue weighted by Gasteiger charge is -2.38. The third kappa shape index (κ3) is 2.53. The predicted octanol–water partition coefficient (Wildman–Crippen LogP) is 2.68. The van der Waals surface area contributed by atoms with Crippen molar-refractivity contribution >= 4 is 40.0 Å². The van der Waals surface area contributed by atoms with Crippen LogP contribution in [-0.2, 0) is 0 Å². The molecule has 15 heavy (non-hydrogen) atoms. The molecule has 0 bridgehead atoms. The van der Waals surface area contributed by atoms with E-state index in [-0.39, 0.29) is 0 Å². The predicted molar refractivity (Wildman–Crippen MR) is 70.5 cm³/mol. The van der Waals surface area contributed by atoms with E-state index in [4.69, 9.17) is 11.6 Å². The molecule has 2 rings (SSSR count). The molecule has 0 spiro atoms.